The van der Waals surface area contributed by atoms with Crippen LogP contribution in [0.25, 0.3) is 0 Å². The van der Waals surface area contributed by atoms with Crippen LogP contribution in [-0.2, 0) is 16.2 Å². The Bertz CT molecular complexity index is 1240. The van der Waals surface area contributed by atoms with Crippen LogP contribution in [0.15, 0.2) is 48.5 Å². The molecular weight excluding hydrogens is 506 g/mol. The van der Waals surface area contributed by atoms with Gasteiger partial charge >= 0.3 is 0 Å². The Hall–Kier alpha value is -3.08. The van der Waals surface area contributed by atoms with Crippen molar-refractivity contribution in [2.75, 3.05) is 21.3 Å². The summed E-state index contributed by atoms with van der Waals surface area (Å²) in [5.41, 5.74) is 4.54. The van der Waals surface area contributed by atoms with Crippen LogP contribution in [-0.4, -0.2) is 21.3 Å². The van der Waals surface area contributed by atoms with E-state index in [2.05, 4.69) is 45.9 Å². The Morgan fingerprint density at radius 1 is 0.550 bits per heavy atom. The summed E-state index contributed by atoms with van der Waals surface area (Å²) in [7, 11) is 4.80. The number of hydrogen-bond donors (Lipinski definition) is 0. The summed E-state index contributed by atoms with van der Waals surface area (Å²) in [6, 6.07) is 14.9. The minimum Gasteiger partial charge on any atom is -0.497 e. The van der Waals surface area contributed by atoms with E-state index in [4.69, 9.17) is 14.2 Å². The van der Waals surface area contributed by atoms with Gasteiger partial charge in [-0.25, -0.2) is 8.78 Å². The highest BCUT2D eigenvalue weighted by Crippen LogP contribution is 2.32. The second-order valence-corrected chi connectivity index (χ2v) is 13.1. The summed E-state index contributed by atoms with van der Waals surface area (Å²) >= 11 is 0. The molecule has 0 heterocycles. The van der Waals surface area contributed by atoms with Crippen molar-refractivity contribution in [1.82, 2.24) is 0 Å². The summed E-state index contributed by atoms with van der Waals surface area (Å²) in [5, 5.41) is 0. The van der Waals surface area contributed by atoms with Gasteiger partial charge < -0.3 is 14.2 Å². The zero-order valence-electron chi connectivity index (χ0n) is 27.1. The predicted molar refractivity (Wildman–Crippen MR) is 164 cm³/mol. The lowest BCUT2D eigenvalue weighted by Gasteiger charge is -2.21. The molecule has 0 aromatic heterocycles. The number of halogens is 2. The van der Waals surface area contributed by atoms with Crippen LogP contribution in [0.2, 0.25) is 0 Å². The van der Waals surface area contributed by atoms with Crippen molar-refractivity contribution in [3.05, 3.63) is 88.0 Å². The van der Waals surface area contributed by atoms with Crippen molar-refractivity contribution in [1.29, 1.82) is 0 Å². The Morgan fingerprint density at radius 2 is 1.10 bits per heavy atom. The van der Waals surface area contributed by atoms with Crippen molar-refractivity contribution >= 4 is 0 Å². The van der Waals surface area contributed by atoms with Gasteiger partial charge in [0.15, 0.2) is 11.6 Å². The highest BCUT2D eigenvalue weighted by atomic mass is 19.1. The quantitative estimate of drug-likeness (QED) is 0.321. The lowest BCUT2D eigenvalue weighted by Crippen LogP contribution is -2.14. The molecule has 40 heavy (non-hydrogen) atoms. The second kappa shape index (κ2) is 14.0. The Labute approximate surface area is 241 Å². The van der Waals surface area contributed by atoms with Gasteiger partial charge in [0, 0.05) is 0 Å². The van der Waals surface area contributed by atoms with E-state index in [0.29, 0.717) is 22.6 Å². The molecule has 0 aliphatic carbocycles. The zero-order valence-corrected chi connectivity index (χ0v) is 27.1. The smallest absolute Gasteiger partial charge is 0.169 e. The van der Waals surface area contributed by atoms with Gasteiger partial charge in [0.25, 0.3) is 0 Å². The van der Waals surface area contributed by atoms with Crippen molar-refractivity contribution in [3.8, 4) is 17.2 Å². The molecule has 0 aliphatic rings. The summed E-state index contributed by atoms with van der Waals surface area (Å²) in [4.78, 5) is 0. The van der Waals surface area contributed by atoms with Crippen molar-refractivity contribution in [2.24, 2.45) is 0 Å². The van der Waals surface area contributed by atoms with E-state index in [9.17, 15) is 8.78 Å². The van der Waals surface area contributed by atoms with Gasteiger partial charge in [0.05, 0.1) is 21.3 Å². The molecule has 0 unspecified atom stereocenters. The first kappa shape index (κ1) is 34.9. The van der Waals surface area contributed by atoms with Crippen LogP contribution in [0.4, 0.5) is 8.78 Å². The van der Waals surface area contributed by atoms with Crippen molar-refractivity contribution in [2.45, 2.75) is 92.4 Å². The molecule has 5 heteroatoms. The first-order chi connectivity index (χ1) is 18.3. The van der Waals surface area contributed by atoms with Gasteiger partial charge in [-0.05, 0) is 82.2 Å². The molecule has 0 saturated heterocycles. The van der Waals surface area contributed by atoms with E-state index < -0.39 is 0 Å². The van der Waals surface area contributed by atoms with Crippen LogP contribution in [0.5, 0.6) is 17.2 Å². The third kappa shape index (κ3) is 9.83. The Morgan fingerprint density at radius 3 is 1.55 bits per heavy atom. The third-order valence-corrected chi connectivity index (χ3v) is 6.56. The van der Waals surface area contributed by atoms with Crippen LogP contribution in [0.1, 0.15) is 90.1 Å². The van der Waals surface area contributed by atoms with Gasteiger partial charge in [-0.2, -0.15) is 0 Å². The number of ether oxygens (including phenoxy) is 3. The van der Waals surface area contributed by atoms with Crippen LogP contribution in [0.3, 0.4) is 0 Å². The number of rotatable bonds is 3. The summed E-state index contributed by atoms with van der Waals surface area (Å²) in [6.07, 6.45) is 0. The molecule has 0 atom stereocenters. The molecule has 3 aromatic rings. The highest BCUT2D eigenvalue weighted by Gasteiger charge is 2.22. The maximum atomic E-state index is 13.9. The van der Waals surface area contributed by atoms with E-state index in [1.54, 1.807) is 26.4 Å². The number of aryl methyl sites for hydroxylation is 2. The molecular formula is C35H50F2O3. The maximum absolute atomic E-state index is 13.9. The largest absolute Gasteiger partial charge is 0.497 e. The van der Waals surface area contributed by atoms with Crippen LogP contribution >= 0.6 is 0 Å². The van der Waals surface area contributed by atoms with E-state index in [0.717, 1.165) is 11.3 Å². The third-order valence-electron chi connectivity index (χ3n) is 6.56. The lowest BCUT2D eigenvalue weighted by atomic mass is 9.86. The van der Waals surface area contributed by atoms with Gasteiger partial charge in [-0.3, -0.25) is 0 Å². The predicted octanol–water partition coefficient (Wildman–Crippen LogP) is 9.87. The SMILES string of the molecule is COc1c(C)ccc(C(C)(C)C)c1F.COc1cc(C(C)(C)C)ccc1C.COc1ccc(F)c(C(C)(C)C)c1. The Balaban J connectivity index is 0.000000300. The molecule has 0 amide bonds. The minimum atomic E-state index is -0.236. The monoisotopic (exact) mass is 556 g/mol. The van der Waals surface area contributed by atoms with Crippen molar-refractivity contribution < 1.29 is 23.0 Å². The summed E-state index contributed by atoms with van der Waals surface area (Å²) in [5.74, 6) is 1.63. The van der Waals surface area contributed by atoms with Crippen LogP contribution in [0, 0.1) is 25.5 Å². The van der Waals surface area contributed by atoms with E-state index in [1.165, 1.54) is 24.3 Å². The maximum Gasteiger partial charge on any atom is 0.169 e. The molecule has 0 aliphatic heterocycles. The van der Waals surface area contributed by atoms with Gasteiger partial charge in [-0.1, -0.05) is 86.6 Å². The second-order valence-electron chi connectivity index (χ2n) is 13.1. The number of methoxy groups -OCH3 is 3. The van der Waals surface area contributed by atoms with Gasteiger partial charge in [0.1, 0.15) is 17.3 Å². The molecule has 3 rings (SSSR count). The normalized spacial score (nSPS) is 11.5. The molecule has 222 valence electrons. The Kier molecular flexibility index (Phi) is 12.2. The summed E-state index contributed by atoms with van der Waals surface area (Å²) in [6.45, 7) is 22.4. The molecule has 3 nitrogen and oxygen atoms in total. The van der Waals surface area contributed by atoms with E-state index in [1.807, 2.05) is 60.6 Å². The highest BCUT2D eigenvalue weighted by molar-refractivity contribution is 5.41. The molecule has 0 N–H and O–H groups in total. The molecule has 0 radical (unpaired) electrons. The van der Waals surface area contributed by atoms with Gasteiger partial charge in [0.2, 0.25) is 0 Å². The average molecular weight is 557 g/mol. The van der Waals surface area contributed by atoms with E-state index in [-0.39, 0.29) is 27.9 Å². The number of benzene rings is 3. The molecule has 0 spiro atoms. The van der Waals surface area contributed by atoms with Crippen molar-refractivity contribution in [3.63, 3.8) is 0 Å². The first-order valence-electron chi connectivity index (χ1n) is 13.6. The fourth-order valence-corrected chi connectivity index (χ4v) is 3.98. The average Bonchev–Trinajstić information content (AvgIpc) is 2.83. The molecule has 0 saturated carbocycles. The van der Waals surface area contributed by atoms with E-state index >= 15 is 0 Å². The fraction of sp³-hybridized carbons (Fsp3) is 0.486. The summed E-state index contributed by atoms with van der Waals surface area (Å²) < 4.78 is 42.6. The molecule has 0 bridgehead atoms. The lowest BCUT2D eigenvalue weighted by molar-refractivity contribution is 0.375. The molecule has 3 aromatic carbocycles. The molecule has 0 fully saturated rings. The minimum absolute atomic E-state index is 0.173. The first-order valence-corrected chi connectivity index (χ1v) is 13.6. The fourth-order valence-electron chi connectivity index (χ4n) is 3.98. The zero-order chi connectivity index (χ0) is 31.1. The van der Waals surface area contributed by atoms with Crippen LogP contribution < -0.4 is 14.2 Å². The number of hydrogen-bond acceptors (Lipinski definition) is 3. The van der Waals surface area contributed by atoms with Gasteiger partial charge in [-0.15, -0.1) is 0 Å². The standard InChI is InChI=1S/C12H17FO.C12H18O.C11H15FO/c1-8-6-7-9(12(2,3)4)10(13)11(8)14-5;1-9-6-7-10(12(2,3)4)8-11(9)13-5;1-11(2,3)9-7-8(13-4)5-6-10(9)12/h6-7H,1-5H3;6-8H,1-5H3;5-7H,1-4H3. The topological polar surface area (TPSA) is 27.7 Å².